The van der Waals surface area contributed by atoms with Crippen LogP contribution in [-0.4, -0.2) is 28.0 Å². The number of aromatic nitrogens is 4. The van der Waals surface area contributed by atoms with Crippen LogP contribution in [0.1, 0.15) is 0 Å². The van der Waals surface area contributed by atoms with Crippen molar-refractivity contribution in [2.45, 2.75) is 0 Å². The number of rotatable bonds is 10. The zero-order chi connectivity index (χ0) is 45.3. The lowest BCUT2D eigenvalue weighted by Crippen LogP contribution is -2.75. The fourth-order valence-corrected chi connectivity index (χ4v) is 14.3. The molecule has 12 rings (SSSR count). The van der Waals surface area contributed by atoms with Crippen LogP contribution < -0.4 is 20.9 Å². The third kappa shape index (κ3) is 7.39. The molecular formula is C62H42N4OSi. The molecule has 9 aromatic carbocycles. The largest absolute Gasteiger partial charge is 0.456 e. The highest BCUT2D eigenvalue weighted by Gasteiger charge is 2.43. The van der Waals surface area contributed by atoms with E-state index in [0.717, 1.165) is 77.5 Å². The van der Waals surface area contributed by atoms with E-state index in [0.29, 0.717) is 17.5 Å². The summed E-state index contributed by atoms with van der Waals surface area (Å²) in [4.78, 5) is 21.1. The summed E-state index contributed by atoms with van der Waals surface area (Å²) in [6.45, 7) is 0. The van der Waals surface area contributed by atoms with Crippen LogP contribution in [0.25, 0.3) is 89.6 Å². The Morgan fingerprint density at radius 3 is 1.40 bits per heavy atom. The van der Waals surface area contributed by atoms with Crippen molar-refractivity contribution in [2.75, 3.05) is 0 Å². The second-order valence-corrected chi connectivity index (χ2v) is 20.7. The van der Waals surface area contributed by atoms with Crippen molar-refractivity contribution in [3.05, 3.63) is 255 Å². The van der Waals surface area contributed by atoms with Gasteiger partial charge < -0.3 is 4.42 Å². The van der Waals surface area contributed by atoms with Gasteiger partial charge in [-0.1, -0.05) is 231 Å². The summed E-state index contributed by atoms with van der Waals surface area (Å²) >= 11 is 0. The van der Waals surface area contributed by atoms with Crippen LogP contribution in [0.5, 0.6) is 0 Å². The molecule has 3 aromatic heterocycles. The summed E-state index contributed by atoms with van der Waals surface area (Å²) in [6.07, 6.45) is 0. The molecule has 320 valence electrons. The monoisotopic (exact) mass is 886 g/mol. The summed E-state index contributed by atoms with van der Waals surface area (Å²) < 4.78 is 6.19. The molecule has 68 heavy (non-hydrogen) atoms. The number of furan rings is 1. The molecule has 0 amide bonds. The van der Waals surface area contributed by atoms with Gasteiger partial charge in [-0.3, -0.25) is 4.98 Å². The minimum Gasteiger partial charge on any atom is -0.456 e. The van der Waals surface area contributed by atoms with Gasteiger partial charge in [-0.15, -0.1) is 0 Å². The van der Waals surface area contributed by atoms with Crippen molar-refractivity contribution in [1.29, 1.82) is 0 Å². The first kappa shape index (κ1) is 40.7. The first-order chi connectivity index (χ1) is 33.7. The number of pyridine rings is 1. The molecule has 0 radical (unpaired) electrons. The maximum Gasteiger partial charge on any atom is 0.201 e. The van der Waals surface area contributed by atoms with Crippen LogP contribution in [0.4, 0.5) is 0 Å². The Bertz CT molecular complexity index is 3670. The van der Waals surface area contributed by atoms with Gasteiger partial charge >= 0.3 is 0 Å². The lowest BCUT2D eigenvalue weighted by molar-refractivity contribution is 0.669. The molecule has 3 heterocycles. The topological polar surface area (TPSA) is 64.7 Å². The Hall–Kier alpha value is -8.84. The minimum absolute atomic E-state index is 0.603. The number of fused-ring (bicyclic) bond motifs is 3. The molecule has 0 fully saturated rings. The number of hydrogen-bond donors (Lipinski definition) is 0. The molecule has 0 atom stereocenters. The van der Waals surface area contributed by atoms with Gasteiger partial charge in [-0.25, -0.2) is 15.0 Å². The van der Waals surface area contributed by atoms with Crippen molar-refractivity contribution in [3.63, 3.8) is 0 Å². The number of para-hydroxylation sites is 1. The molecule has 0 spiro atoms. The summed E-state index contributed by atoms with van der Waals surface area (Å²) in [5.74, 6) is 1.82. The van der Waals surface area contributed by atoms with Crippen LogP contribution in [0.15, 0.2) is 259 Å². The SMILES string of the molecule is c1ccc(-c2cccc([Si](c3ccccc3)(c3ccccc3)c3cccc(-c4nc(-c5ccccc5)nc(-c5ccc(-c6ccc(-c7cccc8oc9ccccc9c78)cc6)cc5)n4)c3)n2)cc1. The Morgan fingerprint density at radius 2 is 0.750 bits per heavy atom. The van der Waals surface area contributed by atoms with E-state index >= 15 is 0 Å². The molecule has 0 N–H and O–H groups in total. The Balaban J connectivity index is 0.951. The third-order valence-electron chi connectivity index (χ3n) is 12.9. The predicted molar refractivity (Wildman–Crippen MR) is 281 cm³/mol. The van der Waals surface area contributed by atoms with E-state index in [2.05, 4.69) is 212 Å². The molecule has 0 aliphatic heterocycles. The summed E-state index contributed by atoms with van der Waals surface area (Å²) in [5, 5.41) is 6.96. The lowest BCUT2D eigenvalue weighted by atomic mass is 9.96. The van der Waals surface area contributed by atoms with Gasteiger partial charge in [0.25, 0.3) is 0 Å². The fourth-order valence-electron chi connectivity index (χ4n) is 9.64. The molecule has 0 aliphatic carbocycles. The summed E-state index contributed by atoms with van der Waals surface area (Å²) in [5.41, 5.74) is 11.1. The van der Waals surface area contributed by atoms with Gasteiger partial charge in [0.1, 0.15) is 11.2 Å². The van der Waals surface area contributed by atoms with Crippen LogP contribution >= 0.6 is 0 Å². The van der Waals surface area contributed by atoms with Crippen molar-refractivity contribution in [3.8, 4) is 67.7 Å². The quantitative estimate of drug-likeness (QED) is 0.101. The van der Waals surface area contributed by atoms with Crippen molar-refractivity contribution in [2.24, 2.45) is 0 Å². The minimum atomic E-state index is -3.05. The highest BCUT2D eigenvalue weighted by Crippen LogP contribution is 2.37. The van der Waals surface area contributed by atoms with Gasteiger partial charge in [0.15, 0.2) is 17.5 Å². The highest BCUT2D eigenvalue weighted by molar-refractivity contribution is 7.19. The highest BCUT2D eigenvalue weighted by atomic mass is 28.3. The van der Waals surface area contributed by atoms with E-state index in [-0.39, 0.29) is 0 Å². The molecule has 0 saturated carbocycles. The van der Waals surface area contributed by atoms with Crippen LogP contribution in [-0.2, 0) is 0 Å². The molecule has 0 bridgehead atoms. The molecule has 12 aromatic rings. The van der Waals surface area contributed by atoms with Crippen LogP contribution in [0.2, 0.25) is 0 Å². The lowest BCUT2D eigenvalue weighted by Gasteiger charge is -2.33. The van der Waals surface area contributed by atoms with Crippen LogP contribution in [0, 0.1) is 0 Å². The maximum atomic E-state index is 6.19. The smallest absolute Gasteiger partial charge is 0.201 e. The maximum absolute atomic E-state index is 6.19. The molecule has 6 heteroatoms. The van der Waals surface area contributed by atoms with Gasteiger partial charge in [0, 0.05) is 38.3 Å². The Morgan fingerprint density at radius 1 is 0.294 bits per heavy atom. The average molecular weight is 887 g/mol. The van der Waals surface area contributed by atoms with Gasteiger partial charge in [-0.05, 0) is 62.1 Å². The Labute approximate surface area is 395 Å². The van der Waals surface area contributed by atoms with E-state index in [1.807, 2.05) is 42.5 Å². The first-order valence-corrected chi connectivity index (χ1v) is 24.9. The second-order valence-electron chi connectivity index (χ2n) is 16.9. The van der Waals surface area contributed by atoms with E-state index in [1.54, 1.807) is 0 Å². The molecule has 0 saturated heterocycles. The molecule has 5 nitrogen and oxygen atoms in total. The predicted octanol–water partition coefficient (Wildman–Crippen LogP) is 12.5. The normalized spacial score (nSPS) is 11.5. The van der Waals surface area contributed by atoms with E-state index < -0.39 is 8.07 Å². The molecular weight excluding hydrogens is 845 g/mol. The summed E-state index contributed by atoms with van der Waals surface area (Å²) in [7, 11) is -3.05. The zero-order valence-electron chi connectivity index (χ0n) is 36.9. The van der Waals surface area contributed by atoms with Gasteiger partial charge in [0.05, 0.1) is 5.69 Å². The van der Waals surface area contributed by atoms with Gasteiger partial charge in [0.2, 0.25) is 8.07 Å². The molecule has 0 aliphatic rings. The third-order valence-corrected chi connectivity index (χ3v) is 17.5. The number of hydrogen-bond acceptors (Lipinski definition) is 5. The summed E-state index contributed by atoms with van der Waals surface area (Å²) in [6, 6.07) is 89.4. The van der Waals surface area contributed by atoms with E-state index in [9.17, 15) is 0 Å². The standard InChI is InChI=1S/C62H42N4OSi/c1-5-18-46(19-6-1)55-30-17-33-58(63-55)68(50-23-9-3-10-24-50,51-25-11-4-12-26-51)52-27-15-22-49(42-52)62-65-60(47-20-7-2-8-21-47)64-61(66-62)48-40-36-44(37-41-48)43-34-38-45(39-35-43)53-29-16-32-57-59(53)54-28-13-14-31-56(54)67-57/h1-42H. The first-order valence-electron chi connectivity index (χ1n) is 22.9. The number of benzene rings is 9. The Kier molecular flexibility index (Phi) is 10.5. The van der Waals surface area contributed by atoms with Crippen molar-refractivity contribution in [1.82, 2.24) is 19.9 Å². The van der Waals surface area contributed by atoms with Crippen molar-refractivity contribution >= 4 is 50.9 Å². The van der Waals surface area contributed by atoms with Crippen molar-refractivity contribution < 1.29 is 4.42 Å². The number of nitrogens with zero attached hydrogens (tertiary/aromatic N) is 4. The van der Waals surface area contributed by atoms with E-state index in [1.165, 1.54) is 15.6 Å². The zero-order valence-corrected chi connectivity index (χ0v) is 37.9. The second kappa shape index (κ2) is 17.5. The average Bonchev–Trinajstić information content (AvgIpc) is 3.82. The van der Waals surface area contributed by atoms with E-state index in [4.69, 9.17) is 24.4 Å². The molecule has 0 unspecified atom stereocenters. The fraction of sp³-hybridized carbons (Fsp3) is 0. The van der Waals surface area contributed by atoms with Crippen LogP contribution in [0.3, 0.4) is 0 Å². The van der Waals surface area contributed by atoms with Gasteiger partial charge in [-0.2, -0.15) is 0 Å².